The number of nitro benzene ring substituents is 1. The van der Waals surface area contributed by atoms with Crippen molar-refractivity contribution in [1.82, 2.24) is 4.90 Å². The van der Waals surface area contributed by atoms with E-state index in [0.29, 0.717) is 18.4 Å². The van der Waals surface area contributed by atoms with Gasteiger partial charge in [0.15, 0.2) is 0 Å². The van der Waals surface area contributed by atoms with Crippen LogP contribution < -0.4 is 5.32 Å². The molecule has 26 heavy (non-hydrogen) atoms. The fourth-order valence-electron chi connectivity index (χ4n) is 3.41. The minimum atomic E-state index is -0.562. The molecule has 0 bridgehead atoms. The van der Waals surface area contributed by atoms with Crippen molar-refractivity contribution in [2.45, 2.75) is 26.2 Å². The number of imide groups is 1. The number of anilines is 1. The van der Waals surface area contributed by atoms with Gasteiger partial charge in [-0.25, -0.2) is 0 Å². The predicted molar refractivity (Wildman–Crippen MR) is 93.2 cm³/mol. The Kier molecular flexibility index (Phi) is 4.83. The topological polar surface area (TPSA) is 110 Å². The third kappa shape index (κ3) is 3.35. The highest BCUT2D eigenvalue weighted by Gasteiger charge is 2.46. The van der Waals surface area contributed by atoms with Gasteiger partial charge in [0.05, 0.1) is 16.8 Å². The number of rotatable bonds is 5. The number of nitrogens with zero attached hydrogens (tertiary/aromatic N) is 2. The number of benzene rings is 1. The molecule has 0 spiro atoms. The number of carbonyl (C=O) groups excluding carboxylic acids is 3. The van der Waals surface area contributed by atoms with Crippen LogP contribution in [-0.4, -0.2) is 34.1 Å². The molecule has 8 heteroatoms. The zero-order valence-electron chi connectivity index (χ0n) is 14.3. The van der Waals surface area contributed by atoms with Gasteiger partial charge in [0.2, 0.25) is 17.7 Å². The number of aryl methyl sites for hydroxylation is 1. The van der Waals surface area contributed by atoms with Gasteiger partial charge in [-0.3, -0.25) is 29.4 Å². The number of likely N-dealkylation sites (tertiary alicyclic amines) is 1. The number of nitrogens with one attached hydrogen (secondary N) is 1. The van der Waals surface area contributed by atoms with E-state index in [1.54, 1.807) is 13.0 Å². The van der Waals surface area contributed by atoms with Crippen LogP contribution in [0.4, 0.5) is 11.4 Å². The van der Waals surface area contributed by atoms with E-state index in [-0.39, 0.29) is 48.0 Å². The molecule has 1 fully saturated rings. The third-order valence-electron chi connectivity index (χ3n) is 4.79. The van der Waals surface area contributed by atoms with Crippen LogP contribution >= 0.6 is 0 Å². The number of amides is 3. The van der Waals surface area contributed by atoms with Crippen LogP contribution in [-0.2, 0) is 14.4 Å². The summed E-state index contributed by atoms with van der Waals surface area (Å²) in [4.78, 5) is 48.6. The summed E-state index contributed by atoms with van der Waals surface area (Å²) in [5.41, 5.74) is 0.616. The number of nitro groups is 1. The highest BCUT2D eigenvalue weighted by molar-refractivity contribution is 6.06. The molecule has 1 aliphatic carbocycles. The zero-order chi connectivity index (χ0) is 18.8. The first-order valence-corrected chi connectivity index (χ1v) is 8.43. The first kappa shape index (κ1) is 17.8. The van der Waals surface area contributed by atoms with Crippen molar-refractivity contribution < 1.29 is 19.3 Å². The second kappa shape index (κ2) is 7.07. The minimum Gasteiger partial charge on any atom is -0.320 e. The number of fused-ring (bicyclic) bond motifs is 1. The second-order valence-corrected chi connectivity index (χ2v) is 6.56. The van der Waals surface area contributed by atoms with Crippen LogP contribution in [0.25, 0.3) is 0 Å². The van der Waals surface area contributed by atoms with Gasteiger partial charge in [-0.1, -0.05) is 18.2 Å². The van der Waals surface area contributed by atoms with Gasteiger partial charge in [0, 0.05) is 19.0 Å². The molecule has 0 aromatic heterocycles. The molecule has 2 atom stereocenters. The molecule has 0 radical (unpaired) electrons. The Morgan fingerprint density at radius 2 is 1.85 bits per heavy atom. The normalized spacial score (nSPS) is 21.7. The van der Waals surface area contributed by atoms with Crippen LogP contribution in [0.15, 0.2) is 30.4 Å². The van der Waals surface area contributed by atoms with Gasteiger partial charge in [0.25, 0.3) is 5.69 Å². The number of hydrogen-bond acceptors (Lipinski definition) is 5. The summed E-state index contributed by atoms with van der Waals surface area (Å²) >= 11 is 0. The molecule has 1 aliphatic heterocycles. The van der Waals surface area contributed by atoms with Crippen molar-refractivity contribution in [3.63, 3.8) is 0 Å². The van der Waals surface area contributed by atoms with Gasteiger partial charge in [-0.15, -0.1) is 0 Å². The first-order valence-electron chi connectivity index (χ1n) is 8.43. The van der Waals surface area contributed by atoms with E-state index in [4.69, 9.17) is 0 Å². The second-order valence-electron chi connectivity index (χ2n) is 6.56. The SMILES string of the molecule is Cc1ccc(NC(=O)CCN2C(=O)C3CC=CCC3C2=O)c([N+](=O)[O-])c1. The summed E-state index contributed by atoms with van der Waals surface area (Å²) in [6.07, 6.45) is 4.80. The largest absolute Gasteiger partial charge is 0.320 e. The standard InChI is InChI=1S/C18H19N3O5/c1-11-6-7-14(15(10-11)21(25)26)19-16(22)8-9-20-17(23)12-4-2-3-5-13(12)18(20)24/h2-3,6-7,10,12-13H,4-5,8-9H2,1H3,(H,19,22). The molecular formula is C18H19N3O5. The minimum absolute atomic E-state index is 0.0177. The number of hydrogen-bond donors (Lipinski definition) is 1. The summed E-state index contributed by atoms with van der Waals surface area (Å²) in [5.74, 6) is -1.61. The molecule has 1 N–H and O–H groups in total. The lowest BCUT2D eigenvalue weighted by atomic mass is 9.85. The van der Waals surface area contributed by atoms with Gasteiger partial charge < -0.3 is 5.32 Å². The molecule has 2 aliphatic rings. The zero-order valence-corrected chi connectivity index (χ0v) is 14.3. The van der Waals surface area contributed by atoms with Crippen molar-refractivity contribution in [3.8, 4) is 0 Å². The number of allylic oxidation sites excluding steroid dienone is 2. The van der Waals surface area contributed by atoms with Crippen molar-refractivity contribution in [2.24, 2.45) is 11.8 Å². The van der Waals surface area contributed by atoms with Gasteiger partial charge >= 0.3 is 0 Å². The molecule has 8 nitrogen and oxygen atoms in total. The van der Waals surface area contributed by atoms with Gasteiger partial charge in [-0.2, -0.15) is 0 Å². The highest BCUT2D eigenvalue weighted by Crippen LogP contribution is 2.35. The Hall–Kier alpha value is -3.03. The lowest BCUT2D eigenvalue weighted by Crippen LogP contribution is -2.34. The fourth-order valence-corrected chi connectivity index (χ4v) is 3.41. The van der Waals surface area contributed by atoms with E-state index in [1.165, 1.54) is 12.1 Å². The average Bonchev–Trinajstić information content (AvgIpc) is 2.86. The lowest BCUT2D eigenvalue weighted by molar-refractivity contribution is -0.384. The maximum atomic E-state index is 12.4. The highest BCUT2D eigenvalue weighted by atomic mass is 16.6. The predicted octanol–water partition coefficient (Wildman–Crippen LogP) is 2.18. The van der Waals surface area contributed by atoms with E-state index >= 15 is 0 Å². The Balaban J connectivity index is 1.62. The lowest BCUT2D eigenvalue weighted by Gasteiger charge is -2.14. The molecule has 2 unspecified atom stereocenters. The van der Waals surface area contributed by atoms with Crippen LogP contribution in [0.1, 0.15) is 24.8 Å². The van der Waals surface area contributed by atoms with Gasteiger partial charge in [-0.05, 0) is 31.4 Å². The molecule has 0 saturated carbocycles. The van der Waals surface area contributed by atoms with E-state index in [2.05, 4.69) is 5.32 Å². The molecule has 1 heterocycles. The molecule has 3 amide bonds. The van der Waals surface area contributed by atoms with Gasteiger partial charge in [0.1, 0.15) is 5.69 Å². The fraction of sp³-hybridized carbons (Fsp3) is 0.389. The Labute approximate surface area is 150 Å². The van der Waals surface area contributed by atoms with Crippen molar-refractivity contribution in [1.29, 1.82) is 0 Å². The molecule has 136 valence electrons. The molecule has 1 saturated heterocycles. The van der Waals surface area contributed by atoms with Crippen LogP contribution in [0.5, 0.6) is 0 Å². The summed E-state index contributed by atoms with van der Waals surface area (Å²) in [6, 6.07) is 4.51. The van der Waals surface area contributed by atoms with E-state index < -0.39 is 10.8 Å². The van der Waals surface area contributed by atoms with Crippen LogP contribution in [0, 0.1) is 28.9 Å². The summed E-state index contributed by atoms with van der Waals surface area (Å²) < 4.78 is 0. The van der Waals surface area contributed by atoms with E-state index in [9.17, 15) is 24.5 Å². The van der Waals surface area contributed by atoms with Crippen molar-refractivity contribution in [3.05, 3.63) is 46.0 Å². The Morgan fingerprint density at radius 1 is 1.23 bits per heavy atom. The first-order chi connectivity index (χ1) is 12.4. The smallest absolute Gasteiger partial charge is 0.293 e. The van der Waals surface area contributed by atoms with Crippen LogP contribution in [0.3, 0.4) is 0 Å². The Morgan fingerprint density at radius 3 is 2.42 bits per heavy atom. The quantitative estimate of drug-likeness (QED) is 0.376. The molecular weight excluding hydrogens is 338 g/mol. The summed E-state index contributed by atoms with van der Waals surface area (Å²) in [6.45, 7) is 1.70. The maximum absolute atomic E-state index is 12.4. The van der Waals surface area contributed by atoms with Crippen molar-refractivity contribution in [2.75, 3.05) is 11.9 Å². The van der Waals surface area contributed by atoms with Crippen molar-refractivity contribution >= 4 is 29.1 Å². The summed E-state index contributed by atoms with van der Waals surface area (Å²) in [5, 5.41) is 13.6. The molecule has 1 aromatic rings. The average molecular weight is 357 g/mol. The maximum Gasteiger partial charge on any atom is 0.293 e. The Bertz CT molecular complexity index is 791. The monoisotopic (exact) mass is 357 g/mol. The van der Waals surface area contributed by atoms with E-state index in [0.717, 1.165) is 4.90 Å². The van der Waals surface area contributed by atoms with Crippen LogP contribution in [0.2, 0.25) is 0 Å². The molecule has 3 rings (SSSR count). The number of carbonyl (C=O) groups is 3. The summed E-state index contributed by atoms with van der Waals surface area (Å²) in [7, 11) is 0. The third-order valence-corrected chi connectivity index (χ3v) is 4.79. The molecule has 1 aromatic carbocycles. The van der Waals surface area contributed by atoms with E-state index in [1.807, 2.05) is 12.2 Å².